The zero-order chi connectivity index (χ0) is 9.26. The number of H-pyrrole nitrogens is 1. The number of aromatic amines is 1. The van der Waals surface area contributed by atoms with Gasteiger partial charge >= 0.3 is 5.97 Å². The van der Waals surface area contributed by atoms with E-state index < -0.39 is 0 Å². The van der Waals surface area contributed by atoms with Gasteiger partial charge in [0.1, 0.15) is 11.8 Å². The van der Waals surface area contributed by atoms with Gasteiger partial charge in [-0.3, -0.25) is 0 Å². The van der Waals surface area contributed by atoms with Crippen molar-refractivity contribution in [2.75, 3.05) is 13.2 Å². The highest BCUT2D eigenvalue weighted by Gasteiger charge is 2.23. The molecule has 4 nitrogen and oxygen atoms in total. The quantitative estimate of drug-likeness (QED) is 0.801. The van der Waals surface area contributed by atoms with Gasteiger partial charge in [0, 0.05) is 10.7 Å². The molecule has 1 aliphatic heterocycles. The highest BCUT2D eigenvalue weighted by Crippen LogP contribution is 2.13. The minimum absolute atomic E-state index is 0.0745. The zero-order valence-corrected chi connectivity index (χ0v) is 8.33. The molecule has 5 heteroatoms. The van der Waals surface area contributed by atoms with E-state index in [2.05, 4.69) is 20.9 Å². The Hall–Kier alpha value is -0.810. The Balaban J connectivity index is 1.96. The summed E-state index contributed by atoms with van der Waals surface area (Å²) in [5.74, 6) is -0.334. The second-order valence-electron chi connectivity index (χ2n) is 2.80. The lowest BCUT2D eigenvalue weighted by atomic mass is 10.3. The van der Waals surface area contributed by atoms with Crippen molar-refractivity contribution in [3.05, 3.63) is 22.4 Å². The van der Waals surface area contributed by atoms with Gasteiger partial charge in [0.2, 0.25) is 0 Å². The fourth-order valence-corrected chi connectivity index (χ4v) is 1.33. The minimum Gasteiger partial charge on any atom is -0.453 e. The van der Waals surface area contributed by atoms with Crippen molar-refractivity contribution in [2.24, 2.45) is 0 Å². The van der Waals surface area contributed by atoms with Gasteiger partial charge in [0.15, 0.2) is 0 Å². The molecule has 0 bridgehead atoms. The van der Waals surface area contributed by atoms with Crippen LogP contribution in [0.1, 0.15) is 10.5 Å². The molecule has 1 saturated heterocycles. The predicted octanol–water partition coefficient (Wildman–Crippen LogP) is 1.33. The summed E-state index contributed by atoms with van der Waals surface area (Å²) in [6, 6.07) is 1.68. The first kappa shape index (κ1) is 8.77. The highest BCUT2D eigenvalue weighted by molar-refractivity contribution is 9.10. The molecule has 13 heavy (non-hydrogen) atoms. The van der Waals surface area contributed by atoms with Crippen LogP contribution in [0.2, 0.25) is 0 Å². The normalized spacial score (nSPS) is 16.7. The Kier molecular flexibility index (Phi) is 2.37. The summed E-state index contributed by atoms with van der Waals surface area (Å²) >= 11 is 3.23. The zero-order valence-electron chi connectivity index (χ0n) is 6.75. The molecule has 1 fully saturated rings. The third kappa shape index (κ3) is 1.92. The van der Waals surface area contributed by atoms with Crippen molar-refractivity contribution in [3.63, 3.8) is 0 Å². The monoisotopic (exact) mass is 245 g/mol. The molecule has 0 aliphatic carbocycles. The number of hydrogen-bond donors (Lipinski definition) is 1. The Morgan fingerprint density at radius 3 is 2.92 bits per heavy atom. The molecular weight excluding hydrogens is 238 g/mol. The summed E-state index contributed by atoms with van der Waals surface area (Å²) in [6.07, 6.45) is 1.61. The number of nitrogens with one attached hydrogen (secondary N) is 1. The van der Waals surface area contributed by atoms with Gasteiger partial charge < -0.3 is 14.5 Å². The minimum atomic E-state index is -0.334. The number of ether oxygens (including phenoxy) is 2. The van der Waals surface area contributed by atoms with Crippen LogP contribution in [0.5, 0.6) is 0 Å². The first-order chi connectivity index (χ1) is 6.25. The van der Waals surface area contributed by atoms with Gasteiger partial charge in [-0.1, -0.05) is 0 Å². The summed E-state index contributed by atoms with van der Waals surface area (Å²) < 4.78 is 10.8. The molecule has 0 aromatic carbocycles. The molecule has 1 N–H and O–H groups in total. The topological polar surface area (TPSA) is 51.3 Å². The average molecular weight is 246 g/mol. The van der Waals surface area contributed by atoms with E-state index in [1.807, 2.05) is 0 Å². The van der Waals surface area contributed by atoms with Gasteiger partial charge in [0.25, 0.3) is 0 Å². The Morgan fingerprint density at radius 2 is 2.46 bits per heavy atom. The van der Waals surface area contributed by atoms with Gasteiger partial charge in [-0.05, 0) is 22.0 Å². The molecule has 0 unspecified atom stereocenters. The fraction of sp³-hybridized carbons (Fsp3) is 0.375. The van der Waals surface area contributed by atoms with E-state index in [1.165, 1.54) is 0 Å². The summed E-state index contributed by atoms with van der Waals surface area (Å²) in [5.41, 5.74) is 0.457. The van der Waals surface area contributed by atoms with Crippen LogP contribution in [-0.4, -0.2) is 30.3 Å². The lowest BCUT2D eigenvalue weighted by molar-refractivity contribution is -0.103. The van der Waals surface area contributed by atoms with E-state index in [1.54, 1.807) is 12.3 Å². The smallest absolute Gasteiger partial charge is 0.355 e. The Labute approximate surface area is 83.4 Å². The van der Waals surface area contributed by atoms with Crippen molar-refractivity contribution in [2.45, 2.75) is 6.10 Å². The molecule has 70 valence electrons. The van der Waals surface area contributed by atoms with E-state index in [4.69, 9.17) is 9.47 Å². The maximum Gasteiger partial charge on any atom is 0.355 e. The second-order valence-corrected chi connectivity index (χ2v) is 3.71. The van der Waals surface area contributed by atoms with Crippen LogP contribution in [0.25, 0.3) is 0 Å². The second kappa shape index (κ2) is 3.51. The third-order valence-corrected chi connectivity index (χ3v) is 2.21. The molecule has 1 aromatic rings. The largest absolute Gasteiger partial charge is 0.453 e. The van der Waals surface area contributed by atoms with Crippen molar-refractivity contribution in [3.8, 4) is 0 Å². The lowest BCUT2D eigenvalue weighted by Crippen LogP contribution is -2.37. The van der Waals surface area contributed by atoms with Crippen LogP contribution in [0, 0.1) is 0 Å². The standard InChI is InChI=1S/C8H8BrNO3/c9-5-1-7(10-2-5)8(11)13-6-3-12-4-6/h1-2,6,10H,3-4H2. The van der Waals surface area contributed by atoms with Crippen molar-refractivity contribution in [1.29, 1.82) is 0 Å². The van der Waals surface area contributed by atoms with E-state index >= 15 is 0 Å². The van der Waals surface area contributed by atoms with Crippen LogP contribution >= 0.6 is 15.9 Å². The highest BCUT2D eigenvalue weighted by atomic mass is 79.9. The van der Waals surface area contributed by atoms with E-state index in [9.17, 15) is 4.79 Å². The first-order valence-electron chi connectivity index (χ1n) is 3.88. The maximum atomic E-state index is 11.3. The molecule has 0 spiro atoms. The van der Waals surface area contributed by atoms with Gasteiger partial charge in [-0.2, -0.15) is 0 Å². The predicted molar refractivity (Wildman–Crippen MR) is 48.5 cm³/mol. The van der Waals surface area contributed by atoms with Crippen LogP contribution in [-0.2, 0) is 9.47 Å². The molecular formula is C8H8BrNO3. The third-order valence-electron chi connectivity index (χ3n) is 1.75. The Morgan fingerprint density at radius 1 is 1.69 bits per heavy atom. The summed E-state index contributed by atoms with van der Waals surface area (Å²) in [6.45, 7) is 1.02. The van der Waals surface area contributed by atoms with Gasteiger partial charge in [0.05, 0.1) is 13.2 Å². The van der Waals surface area contributed by atoms with Crippen LogP contribution in [0.4, 0.5) is 0 Å². The van der Waals surface area contributed by atoms with Crippen LogP contribution < -0.4 is 0 Å². The molecule has 1 aromatic heterocycles. The average Bonchev–Trinajstić information content (AvgIpc) is 2.44. The van der Waals surface area contributed by atoms with E-state index in [0.717, 1.165) is 4.47 Å². The number of rotatable bonds is 2. The number of carbonyl (C=O) groups excluding carboxylic acids is 1. The van der Waals surface area contributed by atoms with Gasteiger partial charge in [-0.15, -0.1) is 0 Å². The van der Waals surface area contributed by atoms with Crippen molar-refractivity contribution < 1.29 is 14.3 Å². The van der Waals surface area contributed by atoms with Crippen LogP contribution in [0.15, 0.2) is 16.7 Å². The molecule has 0 radical (unpaired) electrons. The van der Waals surface area contributed by atoms with Gasteiger partial charge in [-0.25, -0.2) is 4.79 Å². The molecule has 2 rings (SSSR count). The number of aromatic nitrogens is 1. The summed E-state index contributed by atoms with van der Waals surface area (Å²) in [4.78, 5) is 14.1. The molecule has 0 atom stereocenters. The Bertz CT molecular complexity index is 319. The fourth-order valence-electron chi connectivity index (χ4n) is 0.983. The molecule has 1 aliphatic rings. The number of carbonyl (C=O) groups is 1. The lowest BCUT2D eigenvalue weighted by Gasteiger charge is -2.25. The van der Waals surface area contributed by atoms with Crippen LogP contribution in [0.3, 0.4) is 0 Å². The first-order valence-corrected chi connectivity index (χ1v) is 4.67. The molecule has 2 heterocycles. The van der Waals surface area contributed by atoms with E-state index in [-0.39, 0.29) is 12.1 Å². The number of hydrogen-bond acceptors (Lipinski definition) is 3. The summed E-state index contributed by atoms with van der Waals surface area (Å²) in [7, 11) is 0. The number of halogens is 1. The van der Waals surface area contributed by atoms with E-state index in [0.29, 0.717) is 18.9 Å². The molecule has 0 saturated carbocycles. The number of esters is 1. The molecule has 0 amide bonds. The van der Waals surface area contributed by atoms with Crippen molar-refractivity contribution >= 4 is 21.9 Å². The van der Waals surface area contributed by atoms with Crippen molar-refractivity contribution in [1.82, 2.24) is 4.98 Å². The SMILES string of the molecule is O=C(OC1COC1)c1cc(Br)c[nH]1. The maximum absolute atomic E-state index is 11.3. The summed E-state index contributed by atoms with van der Waals surface area (Å²) in [5, 5.41) is 0.